The molecule has 1 aromatic heterocycles. The molecule has 6 atom stereocenters. The Labute approximate surface area is 272 Å². The van der Waals surface area contributed by atoms with Crippen LogP contribution in [0.2, 0.25) is 0 Å². The Morgan fingerprint density at radius 3 is 2.73 bits per heavy atom. The van der Waals surface area contributed by atoms with Crippen molar-refractivity contribution in [2.45, 2.75) is 94.2 Å². The summed E-state index contributed by atoms with van der Waals surface area (Å²) in [4.78, 5) is 17.5. The van der Waals surface area contributed by atoms with E-state index in [1.54, 1.807) is 0 Å². The molecule has 2 N–H and O–H groups in total. The van der Waals surface area contributed by atoms with Crippen LogP contribution in [0.3, 0.4) is 0 Å². The second-order valence-electron chi connectivity index (χ2n) is 14.6. The summed E-state index contributed by atoms with van der Waals surface area (Å²) >= 11 is 3.77. The normalized spacial score (nSPS) is 32.5. The molecular weight excluding hydrogens is 635 g/mol. The lowest BCUT2D eigenvalue weighted by Gasteiger charge is -2.38. The molecule has 2 unspecified atom stereocenters. The molecule has 0 spiro atoms. The van der Waals surface area contributed by atoms with Gasteiger partial charge in [-0.2, -0.15) is 9.97 Å². The molecule has 45 heavy (non-hydrogen) atoms. The van der Waals surface area contributed by atoms with Crippen molar-refractivity contribution < 1.29 is 14.2 Å². The Kier molecular flexibility index (Phi) is 6.94. The van der Waals surface area contributed by atoms with E-state index in [0.29, 0.717) is 56.2 Å². The zero-order valence-corrected chi connectivity index (χ0v) is 27.3. The summed E-state index contributed by atoms with van der Waals surface area (Å²) in [6.45, 7) is 4.27. The maximum Gasteiger partial charge on any atom is 0.318 e. The Morgan fingerprint density at radius 1 is 1.02 bits per heavy atom. The fourth-order valence-electron chi connectivity index (χ4n) is 9.90. The number of aromatic hydroxyl groups is 1. The highest BCUT2D eigenvalue weighted by atomic mass is 79.9. The van der Waals surface area contributed by atoms with Gasteiger partial charge in [-0.05, 0) is 62.0 Å². The number of anilines is 2. The van der Waals surface area contributed by atoms with Gasteiger partial charge in [0.2, 0.25) is 0 Å². The first-order chi connectivity index (χ1) is 21.9. The number of hydrogen-bond donors (Lipinski definition) is 2. The Bertz CT molecular complexity index is 1630. The molecule has 0 radical (unpaired) electrons. The van der Waals surface area contributed by atoms with E-state index in [9.17, 15) is 9.50 Å². The van der Waals surface area contributed by atoms with Gasteiger partial charge in [-0.15, -0.1) is 0 Å². The number of hydrogen-bond acceptors (Lipinski definition) is 8. The summed E-state index contributed by atoms with van der Waals surface area (Å²) < 4.78 is 22.6. The van der Waals surface area contributed by atoms with E-state index in [4.69, 9.17) is 14.7 Å². The third kappa shape index (κ3) is 4.89. The minimum Gasteiger partial charge on any atom is -0.508 e. The largest absolute Gasteiger partial charge is 0.508 e. The van der Waals surface area contributed by atoms with E-state index in [2.05, 4.69) is 42.0 Å². The smallest absolute Gasteiger partial charge is 0.318 e. The molecule has 8 nitrogen and oxygen atoms in total. The number of rotatable bonds is 5. The molecule has 238 valence electrons. The van der Waals surface area contributed by atoms with E-state index in [0.717, 1.165) is 64.9 Å². The van der Waals surface area contributed by atoms with E-state index < -0.39 is 6.17 Å². The van der Waals surface area contributed by atoms with Crippen molar-refractivity contribution in [3.05, 3.63) is 46.1 Å². The molecule has 3 aromatic rings. The van der Waals surface area contributed by atoms with E-state index >= 15 is 0 Å². The SMILES string of the molecule is Oc1cc(N2CCc3c(nc(OC[C@@]45C[C@H](F)CN4[C@@H]4CCCC[C@@H]4C5)nc3N3CC4CCC(C3)N4)C2)c2c(Br)cccc2c1. The Morgan fingerprint density at radius 2 is 1.87 bits per heavy atom. The average molecular weight is 678 g/mol. The number of phenolic OH excluding ortho intramolecular Hbond substituents is 1. The fraction of sp³-hybridized carbons (Fsp3) is 0.600. The number of fused-ring (bicyclic) bond motifs is 7. The summed E-state index contributed by atoms with van der Waals surface area (Å²) in [7, 11) is 0. The van der Waals surface area contributed by atoms with Crippen LogP contribution >= 0.6 is 15.9 Å². The number of alkyl halides is 1. The van der Waals surface area contributed by atoms with Crippen LogP contribution in [0.5, 0.6) is 11.8 Å². The predicted octanol–water partition coefficient (Wildman–Crippen LogP) is 5.73. The van der Waals surface area contributed by atoms with Crippen molar-refractivity contribution in [2.75, 3.05) is 42.6 Å². The van der Waals surface area contributed by atoms with Crippen LogP contribution in [0.1, 0.15) is 62.6 Å². The number of piperazine rings is 1. The lowest BCUT2D eigenvalue weighted by Crippen LogP contribution is -2.52. The third-order valence-electron chi connectivity index (χ3n) is 11.8. The van der Waals surface area contributed by atoms with Gasteiger partial charge in [0.05, 0.1) is 17.8 Å². The van der Waals surface area contributed by atoms with Crippen LogP contribution in [-0.4, -0.2) is 82.6 Å². The molecule has 1 saturated carbocycles. The second-order valence-corrected chi connectivity index (χ2v) is 15.4. The second kappa shape index (κ2) is 10.9. The number of phenols is 1. The van der Waals surface area contributed by atoms with Gasteiger partial charge in [-0.3, -0.25) is 4.90 Å². The van der Waals surface area contributed by atoms with Crippen molar-refractivity contribution in [3.8, 4) is 11.8 Å². The number of halogens is 2. The Balaban J connectivity index is 1.06. The quantitative estimate of drug-likeness (QED) is 0.355. The summed E-state index contributed by atoms with van der Waals surface area (Å²) in [5.74, 6) is 1.92. The first kappa shape index (κ1) is 28.5. The summed E-state index contributed by atoms with van der Waals surface area (Å²) in [5.41, 5.74) is 2.93. The average Bonchev–Trinajstić information content (AvgIpc) is 3.65. The van der Waals surface area contributed by atoms with Crippen molar-refractivity contribution in [3.63, 3.8) is 0 Å². The fourth-order valence-corrected chi connectivity index (χ4v) is 10.5. The third-order valence-corrected chi connectivity index (χ3v) is 12.4. The number of aromatic nitrogens is 2. The molecule has 2 bridgehead atoms. The highest BCUT2D eigenvalue weighted by molar-refractivity contribution is 9.10. The molecular formula is C35H42BrFN6O2. The zero-order chi connectivity index (χ0) is 30.3. The van der Waals surface area contributed by atoms with Crippen molar-refractivity contribution in [2.24, 2.45) is 5.92 Å². The lowest BCUT2D eigenvalue weighted by molar-refractivity contribution is 0.0772. The molecule has 10 heteroatoms. The van der Waals surface area contributed by atoms with Crippen LogP contribution in [0.4, 0.5) is 15.9 Å². The van der Waals surface area contributed by atoms with Crippen LogP contribution in [0.25, 0.3) is 10.8 Å². The van der Waals surface area contributed by atoms with E-state index in [1.165, 1.54) is 44.1 Å². The first-order valence-electron chi connectivity index (χ1n) is 17.0. The van der Waals surface area contributed by atoms with Gasteiger partial charge in [0.15, 0.2) is 0 Å². The number of nitrogens with zero attached hydrogens (tertiary/aromatic N) is 5. The molecule has 5 fully saturated rings. The Hall–Kier alpha value is -2.69. The minimum atomic E-state index is -0.794. The highest BCUT2D eigenvalue weighted by Crippen LogP contribution is 2.51. The minimum absolute atomic E-state index is 0.258. The topological polar surface area (TPSA) is 77.0 Å². The standard InChI is InChI=1S/C35H42BrFN6O2/c36-28-6-3-5-21-12-26(44)13-31(32(21)28)41-11-10-27-29(19-41)39-34(40-33(27)42-17-24-8-9-25(18-42)38-24)45-20-35-14-22-4-1-2-7-30(22)43(35)16-23(37)15-35/h3,5-6,12-13,22-25,30,38,44H,1-2,4,7-11,14-20H2/t22-,23+,24?,25?,30-,35-/m1/s1. The van der Waals surface area contributed by atoms with Gasteiger partial charge < -0.3 is 25.0 Å². The summed E-state index contributed by atoms with van der Waals surface area (Å²) in [6, 6.07) is 11.7. The molecule has 6 heterocycles. The van der Waals surface area contributed by atoms with Crippen molar-refractivity contribution in [1.82, 2.24) is 20.2 Å². The summed E-state index contributed by atoms with van der Waals surface area (Å²) in [5, 5.41) is 16.5. The summed E-state index contributed by atoms with van der Waals surface area (Å²) in [6.07, 6.45) is 8.96. The first-order valence-corrected chi connectivity index (χ1v) is 17.8. The van der Waals surface area contributed by atoms with Gasteiger partial charge >= 0.3 is 6.01 Å². The van der Waals surface area contributed by atoms with Crippen LogP contribution < -0.4 is 19.9 Å². The zero-order valence-electron chi connectivity index (χ0n) is 25.7. The van der Waals surface area contributed by atoms with Crippen LogP contribution in [0.15, 0.2) is 34.8 Å². The molecule has 0 amide bonds. The maximum absolute atomic E-state index is 15.0. The van der Waals surface area contributed by atoms with Gasteiger partial charge in [-0.25, -0.2) is 4.39 Å². The van der Waals surface area contributed by atoms with Crippen molar-refractivity contribution in [1.29, 1.82) is 0 Å². The molecule has 1 aliphatic carbocycles. The maximum atomic E-state index is 15.0. The predicted molar refractivity (Wildman–Crippen MR) is 177 cm³/mol. The lowest BCUT2D eigenvalue weighted by atomic mass is 9.81. The number of benzene rings is 2. The highest BCUT2D eigenvalue weighted by Gasteiger charge is 2.57. The molecule has 9 rings (SSSR count). The van der Waals surface area contributed by atoms with Gasteiger partial charge in [0.25, 0.3) is 0 Å². The molecule has 5 aliphatic heterocycles. The van der Waals surface area contributed by atoms with Gasteiger partial charge in [0.1, 0.15) is 24.3 Å². The molecule has 4 saturated heterocycles. The van der Waals surface area contributed by atoms with E-state index in [1.807, 2.05) is 24.3 Å². The van der Waals surface area contributed by atoms with E-state index in [-0.39, 0.29) is 11.3 Å². The van der Waals surface area contributed by atoms with Gasteiger partial charge in [0, 0.05) is 77.9 Å². The van der Waals surface area contributed by atoms with Crippen molar-refractivity contribution >= 4 is 38.2 Å². The molecule has 6 aliphatic rings. The number of nitrogens with one attached hydrogen (secondary N) is 1. The van der Waals surface area contributed by atoms with Gasteiger partial charge in [-0.1, -0.05) is 40.9 Å². The molecule has 2 aromatic carbocycles. The monoisotopic (exact) mass is 676 g/mol. The van der Waals surface area contributed by atoms with Crippen LogP contribution in [-0.2, 0) is 13.0 Å². The number of ether oxygens (including phenoxy) is 1. The van der Waals surface area contributed by atoms with Crippen LogP contribution in [0, 0.1) is 5.92 Å².